The highest BCUT2D eigenvalue weighted by Crippen LogP contribution is 2.10. The SMILES string of the molecule is B/C(=C\C(NC(=O)OC(C)(C)C)C(C)C)CO. The third kappa shape index (κ3) is 7.85. The van der Waals surface area contributed by atoms with Crippen molar-refractivity contribution in [1.29, 1.82) is 0 Å². The molecule has 0 fully saturated rings. The van der Waals surface area contributed by atoms with E-state index >= 15 is 0 Å². The fourth-order valence-corrected chi connectivity index (χ4v) is 1.20. The summed E-state index contributed by atoms with van der Waals surface area (Å²) in [5, 5.41) is 11.8. The number of aliphatic hydroxyl groups is 1. The van der Waals surface area contributed by atoms with Crippen LogP contribution in [-0.2, 0) is 4.74 Å². The largest absolute Gasteiger partial charge is 0.444 e. The molecular formula is C12H24BNO3. The van der Waals surface area contributed by atoms with E-state index in [1.54, 1.807) is 0 Å². The molecule has 0 bridgehead atoms. The second-order valence-electron chi connectivity index (χ2n) is 5.59. The van der Waals surface area contributed by atoms with Crippen LogP contribution in [0, 0.1) is 5.92 Å². The number of nitrogens with one attached hydrogen (secondary N) is 1. The average Bonchev–Trinajstić information content (AvgIpc) is 2.13. The predicted molar refractivity (Wildman–Crippen MR) is 71.7 cm³/mol. The van der Waals surface area contributed by atoms with Crippen molar-refractivity contribution in [2.24, 2.45) is 5.92 Å². The summed E-state index contributed by atoms with van der Waals surface area (Å²) in [5.41, 5.74) is 0.334. The normalized spacial score (nSPS) is 14.6. The van der Waals surface area contributed by atoms with E-state index in [4.69, 9.17) is 9.84 Å². The summed E-state index contributed by atoms with van der Waals surface area (Å²) in [6.07, 6.45) is 1.42. The van der Waals surface area contributed by atoms with E-state index < -0.39 is 11.7 Å². The number of aliphatic hydroxyl groups excluding tert-OH is 1. The zero-order valence-electron chi connectivity index (χ0n) is 11.7. The molecular weight excluding hydrogens is 217 g/mol. The molecule has 0 spiro atoms. The third-order valence-electron chi connectivity index (χ3n) is 2.12. The molecule has 0 aromatic carbocycles. The quantitative estimate of drug-likeness (QED) is 0.723. The Morgan fingerprint density at radius 2 is 2.00 bits per heavy atom. The van der Waals surface area contributed by atoms with Crippen molar-refractivity contribution in [1.82, 2.24) is 5.32 Å². The van der Waals surface area contributed by atoms with Gasteiger partial charge in [0.15, 0.2) is 0 Å². The van der Waals surface area contributed by atoms with E-state index in [0.29, 0.717) is 0 Å². The highest BCUT2D eigenvalue weighted by molar-refractivity contribution is 6.21. The summed E-state index contributed by atoms with van der Waals surface area (Å²) < 4.78 is 5.19. The molecule has 4 nitrogen and oxygen atoms in total. The lowest BCUT2D eigenvalue weighted by Crippen LogP contribution is -2.41. The van der Waals surface area contributed by atoms with Crippen molar-refractivity contribution >= 4 is 13.9 Å². The molecule has 17 heavy (non-hydrogen) atoms. The third-order valence-corrected chi connectivity index (χ3v) is 2.12. The first-order valence-corrected chi connectivity index (χ1v) is 5.93. The number of carbonyl (C=O) groups is 1. The molecule has 0 aromatic rings. The van der Waals surface area contributed by atoms with Gasteiger partial charge in [0, 0.05) is 0 Å². The fraction of sp³-hybridized carbons (Fsp3) is 0.750. The van der Waals surface area contributed by atoms with Crippen LogP contribution in [0.2, 0.25) is 0 Å². The highest BCUT2D eigenvalue weighted by atomic mass is 16.6. The van der Waals surface area contributed by atoms with Gasteiger partial charge in [-0.25, -0.2) is 4.79 Å². The summed E-state index contributed by atoms with van der Waals surface area (Å²) in [4.78, 5) is 11.6. The lowest BCUT2D eigenvalue weighted by Gasteiger charge is -2.24. The molecule has 0 saturated heterocycles. The minimum absolute atomic E-state index is 0.000775. The van der Waals surface area contributed by atoms with Gasteiger partial charge in [0.1, 0.15) is 13.4 Å². The minimum Gasteiger partial charge on any atom is -0.444 e. The van der Waals surface area contributed by atoms with Crippen molar-refractivity contribution in [3.63, 3.8) is 0 Å². The van der Waals surface area contributed by atoms with Crippen molar-refractivity contribution in [3.05, 3.63) is 11.5 Å². The molecule has 0 aromatic heterocycles. The summed E-state index contributed by atoms with van der Waals surface area (Å²) >= 11 is 0. The Morgan fingerprint density at radius 1 is 1.47 bits per heavy atom. The number of amides is 1. The lowest BCUT2D eigenvalue weighted by molar-refractivity contribution is 0.0503. The van der Waals surface area contributed by atoms with Crippen molar-refractivity contribution < 1.29 is 14.6 Å². The average molecular weight is 241 g/mol. The maximum atomic E-state index is 11.6. The molecule has 98 valence electrons. The Bertz CT molecular complexity index is 282. The van der Waals surface area contributed by atoms with Gasteiger partial charge in [-0.2, -0.15) is 0 Å². The summed E-state index contributed by atoms with van der Waals surface area (Å²) in [6, 6.07) is -0.128. The minimum atomic E-state index is -0.499. The first-order chi connectivity index (χ1) is 7.65. The standard InChI is InChI=1S/C12H24BNO3/c1-8(2)10(6-9(13)7-15)14-11(16)17-12(3,4)5/h6,8,10,15H,7,13H2,1-5H3,(H,14,16)/b9-6-. The van der Waals surface area contributed by atoms with Gasteiger partial charge >= 0.3 is 6.09 Å². The Morgan fingerprint density at radius 3 is 2.35 bits per heavy atom. The van der Waals surface area contributed by atoms with Crippen LogP contribution in [-0.4, -0.2) is 37.3 Å². The van der Waals surface area contributed by atoms with E-state index in [0.717, 1.165) is 5.47 Å². The second kappa shape index (κ2) is 6.69. The van der Waals surface area contributed by atoms with Gasteiger partial charge in [0.25, 0.3) is 0 Å². The maximum absolute atomic E-state index is 11.6. The molecule has 0 aliphatic heterocycles. The Kier molecular flexibility index (Phi) is 6.31. The van der Waals surface area contributed by atoms with Gasteiger partial charge in [-0.1, -0.05) is 25.4 Å². The van der Waals surface area contributed by atoms with Crippen molar-refractivity contribution in [2.75, 3.05) is 6.61 Å². The zero-order chi connectivity index (χ0) is 13.6. The molecule has 0 radical (unpaired) electrons. The topological polar surface area (TPSA) is 58.6 Å². The predicted octanol–water partition coefficient (Wildman–Crippen LogP) is 1.04. The van der Waals surface area contributed by atoms with Crippen LogP contribution in [0.25, 0.3) is 0 Å². The first-order valence-electron chi connectivity index (χ1n) is 5.93. The van der Waals surface area contributed by atoms with Crippen LogP contribution in [0.3, 0.4) is 0 Å². The second-order valence-corrected chi connectivity index (χ2v) is 5.59. The van der Waals surface area contributed by atoms with E-state index in [1.807, 2.05) is 48.5 Å². The first kappa shape index (κ1) is 16.0. The van der Waals surface area contributed by atoms with Gasteiger partial charge in [0.2, 0.25) is 0 Å². The molecule has 2 N–H and O–H groups in total. The van der Waals surface area contributed by atoms with Crippen LogP contribution < -0.4 is 5.32 Å². The number of rotatable bonds is 4. The molecule has 0 aliphatic rings. The molecule has 0 saturated carbocycles. The smallest absolute Gasteiger partial charge is 0.408 e. The molecule has 0 heterocycles. The zero-order valence-corrected chi connectivity index (χ0v) is 11.7. The van der Waals surface area contributed by atoms with Crippen LogP contribution in [0.1, 0.15) is 34.6 Å². The molecule has 5 heteroatoms. The Hall–Kier alpha value is -0.965. The number of hydrogen-bond donors (Lipinski definition) is 2. The van der Waals surface area contributed by atoms with Gasteiger partial charge in [-0.05, 0) is 26.7 Å². The molecule has 1 amide bonds. The number of carbonyl (C=O) groups excluding carboxylic acids is 1. The Balaban J connectivity index is 4.52. The summed E-state index contributed by atoms with van der Waals surface area (Å²) in [7, 11) is 1.83. The highest BCUT2D eigenvalue weighted by Gasteiger charge is 2.20. The van der Waals surface area contributed by atoms with E-state index in [2.05, 4.69) is 5.32 Å². The lowest BCUT2D eigenvalue weighted by atomic mass is 9.91. The molecule has 0 aliphatic carbocycles. The molecule has 1 unspecified atom stereocenters. The van der Waals surface area contributed by atoms with E-state index in [-0.39, 0.29) is 18.6 Å². The maximum Gasteiger partial charge on any atom is 0.408 e. The summed E-state index contributed by atoms with van der Waals surface area (Å²) in [5.74, 6) is 0.240. The number of alkyl carbamates (subject to hydrolysis) is 1. The van der Waals surface area contributed by atoms with Gasteiger partial charge in [-0.3, -0.25) is 0 Å². The van der Waals surface area contributed by atoms with Gasteiger partial charge in [0.05, 0.1) is 12.6 Å². The van der Waals surface area contributed by atoms with Crippen molar-refractivity contribution in [2.45, 2.75) is 46.3 Å². The monoisotopic (exact) mass is 241 g/mol. The fourth-order valence-electron chi connectivity index (χ4n) is 1.20. The Labute approximate surface area is 105 Å². The van der Waals surface area contributed by atoms with E-state index in [1.165, 1.54) is 0 Å². The van der Waals surface area contributed by atoms with Crippen molar-refractivity contribution in [3.8, 4) is 0 Å². The van der Waals surface area contributed by atoms with Crippen LogP contribution in [0.15, 0.2) is 11.5 Å². The summed E-state index contributed by atoms with van der Waals surface area (Å²) in [6.45, 7) is 9.48. The van der Waals surface area contributed by atoms with Crippen LogP contribution in [0.4, 0.5) is 4.79 Å². The molecule has 0 rings (SSSR count). The van der Waals surface area contributed by atoms with Gasteiger partial charge < -0.3 is 15.2 Å². The van der Waals surface area contributed by atoms with Crippen LogP contribution in [0.5, 0.6) is 0 Å². The van der Waals surface area contributed by atoms with Crippen LogP contribution >= 0.6 is 0 Å². The number of ether oxygens (including phenoxy) is 1. The number of hydrogen-bond acceptors (Lipinski definition) is 3. The van der Waals surface area contributed by atoms with Gasteiger partial charge in [-0.15, -0.1) is 0 Å². The van der Waals surface area contributed by atoms with E-state index in [9.17, 15) is 4.79 Å². The molecule has 1 atom stereocenters.